The summed E-state index contributed by atoms with van der Waals surface area (Å²) in [6.07, 6.45) is 1.54. The van der Waals surface area contributed by atoms with Crippen LogP contribution in [-0.2, 0) is 10.0 Å². The number of benzene rings is 1. The number of aromatic nitrogens is 1. The van der Waals surface area contributed by atoms with Gasteiger partial charge in [0.2, 0.25) is 0 Å². The van der Waals surface area contributed by atoms with Gasteiger partial charge >= 0.3 is 0 Å². The summed E-state index contributed by atoms with van der Waals surface area (Å²) < 4.78 is 28.5. The Labute approximate surface area is 133 Å². The molecule has 0 fully saturated rings. The monoisotopic (exact) mass is 419 g/mol. The summed E-state index contributed by atoms with van der Waals surface area (Å²) in [4.78, 5) is 4.03. The van der Waals surface area contributed by atoms with Crippen molar-refractivity contribution in [1.29, 1.82) is 0 Å². The number of aryl methyl sites for hydroxylation is 1. The molecule has 0 aliphatic heterocycles. The summed E-state index contributed by atoms with van der Waals surface area (Å²) in [7, 11) is -3.76. The van der Waals surface area contributed by atoms with Crippen molar-refractivity contribution in [3.63, 3.8) is 0 Å². The molecule has 1 aromatic heterocycles. The molecule has 0 amide bonds. The Morgan fingerprint density at radius 2 is 1.95 bits per heavy atom. The fourth-order valence-corrected chi connectivity index (χ4v) is 3.26. The van der Waals surface area contributed by atoms with E-state index < -0.39 is 10.0 Å². The van der Waals surface area contributed by atoms with Crippen LogP contribution in [0.25, 0.3) is 0 Å². The molecular formula is C12H11Br2N3O2S. The molecule has 0 atom stereocenters. The van der Waals surface area contributed by atoms with Gasteiger partial charge in [-0.1, -0.05) is 15.9 Å². The van der Waals surface area contributed by atoms with Gasteiger partial charge in [-0.3, -0.25) is 4.72 Å². The van der Waals surface area contributed by atoms with Gasteiger partial charge in [-0.15, -0.1) is 0 Å². The Bertz CT molecular complexity index is 763. The van der Waals surface area contributed by atoms with Crippen LogP contribution < -0.4 is 10.5 Å². The van der Waals surface area contributed by atoms with Crippen LogP contribution in [0.5, 0.6) is 0 Å². The van der Waals surface area contributed by atoms with Crippen LogP contribution in [-0.4, -0.2) is 13.4 Å². The van der Waals surface area contributed by atoms with Crippen LogP contribution in [0.2, 0.25) is 0 Å². The lowest BCUT2D eigenvalue weighted by molar-refractivity contribution is 0.601. The van der Waals surface area contributed by atoms with E-state index in [9.17, 15) is 8.42 Å². The second kappa shape index (κ2) is 5.71. The number of anilines is 2. The number of halogens is 2. The fourth-order valence-electron chi connectivity index (χ4n) is 1.55. The maximum absolute atomic E-state index is 12.3. The standard InChI is InChI=1S/C12H11Br2N3O2S/c1-7-4-12(16-6-9(7)14)17-20(18,19)11-3-2-8(13)5-10(11)15/h2-6H,15H2,1H3,(H,16,17). The molecule has 0 radical (unpaired) electrons. The van der Waals surface area contributed by atoms with Crippen LogP contribution in [0.4, 0.5) is 11.5 Å². The van der Waals surface area contributed by atoms with Crippen molar-refractivity contribution in [2.45, 2.75) is 11.8 Å². The van der Waals surface area contributed by atoms with Gasteiger partial charge in [0.1, 0.15) is 10.7 Å². The largest absolute Gasteiger partial charge is 0.398 e. The zero-order chi connectivity index (χ0) is 14.9. The lowest BCUT2D eigenvalue weighted by Gasteiger charge is -2.10. The van der Waals surface area contributed by atoms with E-state index in [0.717, 1.165) is 10.0 Å². The van der Waals surface area contributed by atoms with E-state index in [-0.39, 0.29) is 16.4 Å². The van der Waals surface area contributed by atoms with Crippen molar-refractivity contribution in [1.82, 2.24) is 4.98 Å². The Morgan fingerprint density at radius 1 is 1.25 bits per heavy atom. The van der Waals surface area contributed by atoms with Gasteiger partial charge in [-0.25, -0.2) is 13.4 Å². The first-order valence-electron chi connectivity index (χ1n) is 5.49. The fraction of sp³-hybridized carbons (Fsp3) is 0.0833. The Balaban J connectivity index is 2.38. The number of nitrogens with two attached hydrogens (primary N) is 1. The topological polar surface area (TPSA) is 85.1 Å². The highest BCUT2D eigenvalue weighted by molar-refractivity contribution is 9.10. The number of hydrogen-bond acceptors (Lipinski definition) is 4. The summed E-state index contributed by atoms with van der Waals surface area (Å²) >= 11 is 6.54. The number of nitrogens with one attached hydrogen (secondary N) is 1. The third-order valence-corrected chi connectivity index (χ3v) is 5.30. The van der Waals surface area contributed by atoms with Crippen molar-refractivity contribution < 1.29 is 8.42 Å². The minimum Gasteiger partial charge on any atom is -0.398 e. The van der Waals surface area contributed by atoms with E-state index in [4.69, 9.17) is 5.73 Å². The Hall–Kier alpha value is -1.12. The predicted molar refractivity (Wildman–Crippen MR) is 86.0 cm³/mol. The molecule has 20 heavy (non-hydrogen) atoms. The zero-order valence-electron chi connectivity index (χ0n) is 10.4. The first-order chi connectivity index (χ1) is 9.29. The molecule has 0 unspecified atom stereocenters. The van der Waals surface area contributed by atoms with Gasteiger partial charge < -0.3 is 5.73 Å². The van der Waals surface area contributed by atoms with Crippen LogP contribution in [0, 0.1) is 6.92 Å². The van der Waals surface area contributed by atoms with Gasteiger partial charge in [-0.05, 0) is 52.7 Å². The molecular weight excluding hydrogens is 410 g/mol. The van der Waals surface area contributed by atoms with Gasteiger partial charge in [-0.2, -0.15) is 0 Å². The van der Waals surface area contributed by atoms with Crippen LogP contribution >= 0.6 is 31.9 Å². The van der Waals surface area contributed by atoms with Gasteiger partial charge in [0, 0.05) is 15.1 Å². The highest BCUT2D eigenvalue weighted by Crippen LogP contribution is 2.25. The Kier molecular flexibility index (Phi) is 4.36. The normalized spacial score (nSPS) is 11.3. The highest BCUT2D eigenvalue weighted by Gasteiger charge is 2.18. The van der Waals surface area contributed by atoms with Gasteiger partial charge in [0.15, 0.2) is 0 Å². The number of sulfonamides is 1. The minimum atomic E-state index is -3.76. The molecule has 2 rings (SSSR count). The maximum atomic E-state index is 12.3. The van der Waals surface area contributed by atoms with E-state index in [0.29, 0.717) is 4.47 Å². The minimum absolute atomic E-state index is 0.0167. The van der Waals surface area contributed by atoms with Crippen LogP contribution in [0.15, 0.2) is 44.3 Å². The number of pyridine rings is 1. The number of hydrogen-bond donors (Lipinski definition) is 2. The molecule has 0 aliphatic carbocycles. The molecule has 0 bridgehead atoms. The van der Waals surface area contributed by atoms with Crippen LogP contribution in [0.1, 0.15) is 5.56 Å². The van der Waals surface area contributed by atoms with Crippen molar-refractivity contribution >= 4 is 53.4 Å². The Morgan fingerprint density at radius 3 is 2.55 bits per heavy atom. The van der Waals surface area contributed by atoms with Gasteiger partial charge in [0.25, 0.3) is 10.0 Å². The number of nitrogens with zero attached hydrogens (tertiary/aromatic N) is 1. The second-order valence-corrected chi connectivity index (χ2v) is 7.53. The van der Waals surface area contributed by atoms with Crippen LogP contribution in [0.3, 0.4) is 0 Å². The van der Waals surface area contributed by atoms with Crippen molar-refractivity contribution in [3.05, 3.63) is 45.0 Å². The van der Waals surface area contributed by atoms with E-state index in [1.165, 1.54) is 18.3 Å². The molecule has 2 aromatic rings. The van der Waals surface area contributed by atoms with E-state index >= 15 is 0 Å². The van der Waals surface area contributed by atoms with E-state index in [2.05, 4.69) is 41.6 Å². The first-order valence-corrected chi connectivity index (χ1v) is 8.56. The zero-order valence-corrected chi connectivity index (χ0v) is 14.4. The van der Waals surface area contributed by atoms with Crippen molar-refractivity contribution in [2.75, 3.05) is 10.5 Å². The predicted octanol–water partition coefficient (Wildman–Crippen LogP) is 3.30. The lowest BCUT2D eigenvalue weighted by Crippen LogP contribution is -2.15. The highest BCUT2D eigenvalue weighted by atomic mass is 79.9. The molecule has 0 saturated carbocycles. The molecule has 106 valence electrons. The molecule has 5 nitrogen and oxygen atoms in total. The summed E-state index contributed by atoms with van der Waals surface area (Å²) in [5.41, 5.74) is 6.78. The number of rotatable bonds is 3. The summed E-state index contributed by atoms with van der Waals surface area (Å²) in [5.74, 6) is 0.244. The molecule has 1 heterocycles. The molecule has 3 N–H and O–H groups in total. The molecule has 0 aliphatic rings. The summed E-state index contributed by atoms with van der Waals surface area (Å²) in [5, 5.41) is 0. The first kappa shape index (κ1) is 15.3. The molecule has 1 aromatic carbocycles. The lowest BCUT2D eigenvalue weighted by atomic mass is 10.3. The quantitative estimate of drug-likeness (QED) is 0.746. The average molecular weight is 421 g/mol. The number of nitrogen functional groups attached to an aromatic ring is 1. The average Bonchev–Trinajstić information content (AvgIpc) is 2.33. The molecule has 0 saturated heterocycles. The smallest absolute Gasteiger partial charge is 0.265 e. The summed E-state index contributed by atoms with van der Waals surface area (Å²) in [6.45, 7) is 1.84. The van der Waals surface area contributed by atoms with Crippen molar-refractivity contribution in [3.8, 4) is 0 Å². The third-order valence-electron chi connectivity index (χ3n) is 2.55. The van der Waals surface area contributed by atoms with Gasteiger partial charge in [0.05, 0.1) is 5.69 Å². The van der Waals surface area contributed by atoms with E-state index in [1.54, 1.807) is 12.1 Å². The third kappa shape index (κ3) is 3.31. The summed E-state index contributed by atoms with van der Waals surface area (Å²) in [6, 6.07) is 6.23. The molecule has 0 spiro atoms. The van der Waals surface area contributed by atoms with E-state index in [1.807, 2.05) is 6.92 Å². The maximum Gasteiger partial charge on any atom is 0.265 e. The molecule has 8 heteroatoms. The van der Waals surface area contributed by atoms with Crippen molar-refractivity contribution in [2.24, 2.45) is 0 Å². The second-order valence-electron chi connectivity index (χ2n) is 4.11. The SMILES string of the molecule is Cc1cc(NS(=O)(=O)c2ccc(Br)cc2N)ncc1Br.